The molecule has 0 spiro atoms. The maximum atomic E-state index is 12.4. The summed E-state index contributed by atoms with van der Waals surface area (Å²) in [6.45, 7) is 0. The number of carbonyl (C=O) groups excluding carboxylic acids is 1. The number of fused-ring (bicyclic) bond motifs is 1. The van der Waals surface area contributed by atoms with Gasteiger partial charge in [-0.2, -0.15) is 0 Å². The predicted octanol–water partition coefficient (Wildman–Crippen LogP) is 2.52. The first kappa shape index (κ1) is 12.4. The molecule has 0 amide bonds. The van der Waals surface area contributed by atoms with Gasteiger partial charge >= 0.3 is 0 Å². The molecule has 0 aliphatic carbocycles. The van der Waals surface area contributed by atoms with Gasteiger partial charge in [-0.1, -0.05) is 0 Å². The summed E-state index contributed by atoms with van der Waals surface area (Å²) in [4.78, 5) is 17.6. The van der Waals surface area contributed by atoms with E-state index < -0.39 is 0 Å². The van der Waals surface area contributed by atoms with Crippen molar-refractivity contribution in [2.75, 3.05) is 5.73 Å². The van der Waals surface area contributed by atoms with E-state index in [1.807, 2.05) is 0 Å². The van der Waals surface area contributed by atoms with E-state index in [0.29, 0.717) is 15.4 Å². The minimum atomic E-state index is -0.339. The van der Waals surface area contributed by atoms with Crippen LogP contribution >= 0.6 is 11.3 Å². The SMILES string of the molecule is Nc1c(C(=O)c2ccc(O)c(O)c2)sc2ncccc12. The quantitative estimate of drug-likeness (QED) is 0.497. The Labute approximate surface area is 117 Å². The van der Waals surface area contributed by atoms with Crippen molar-refractivity contribution in [2.24, 2.45) is 0 Å². The first-order valence-corrected chi connectivity index (χ1v) is 6.59. The highest BCUT2D eigenvalue weighted by atomic mass is 32.1. The molecule has 6 heteroatoms. The largest absolute Gasteiger partial charge is 0.504 e. The highest BCUT2D eigenvalue weighted by molar-refractivity contribution is 7.21. The van der Waals surface area contributed by atoms with E-state index >= 15 is 0 Å². The Morgan fingerprint density at radius 3 is 2.70 bits per heavy atom. The fourth-order valence-electron chi connectivity index (χ4n) is 1.92. The van der Waals surface area contributed by atoms with Crippen molar-refractivity contribution < 1.29 is 15.0 Å². The molecule has 2 heterocycles. The van der Waals surface area contributed by atoms with Crippen molar-refractivity contribution in [3.63, 3.8) is 0 Å². The molecule has 100 valence electrons. The number of hydrogen-bond acceptors (Lipinski definition) is 6. The van der Waals surface area contributed by atoms with Gasteiger partial charge in [-0.3, -0.25) is 4.79 Å². The van der Waals surface area contributed by atoms with Gasteiger partial charge in [-0.05, 0) is 30.3 Å². The topological polar surface area (TPSA) is 96.4 Å². The molecule has 0 aliphatic heterocycles. The summed E-state index contributed by atoms with van der Waals surface area (Å²) < 4.78 is 0. The standard InChI is InChI=1S/C14H10N2O3S/c15-11-8-2-1-5-16-14(8)20-13(11)12(19)7-3-4-9(17)10(18)6-7/h1-6,17-18H,15H2. The normalized spacial score (nSPS) is 10.8. The van der Waals surface area contributed by atoms with Crippen LogP contribution in [0.3, 0.4) is 0 Å². The fraction of sp³-hybridized carbons (Fsp3) is 0. The number of nitrogen functional groups attached to an aromatic ring is 1. The summed E-state index contributed by atoms with van der Waals surface area (Å²) >= 11 is 1.21. The third-order valence-electron chi connectivity index (χ3n) is 2.95. The summed E-state index contributed by atoms with van der Waals surface area (Å²) in [6, 6.07) is 7.49. The van der Waals surface area contributed by atoms with Gasteiger partial charge in [0.1, 0.15) is 9.71 Å². The molecule has 0 unspecified atom stereocenters. The number of carbonyl (C=O) groups is 1. The fourth-order valence-corrected chi connectivity index (χ4v) is 2.94. The number of anilines is 1. The van der Waals surface area contributed by atoms with Crippen molar-refractivity contribution in [1.29, 1.82) is 0 Å². The van der Waals surface area contributed by atoms with E-state index in [-0.39, 0.29) is 22.8 Å². The zero-order chi connectivity index (χ0) is 14.3. The Kier molecular flexibility index (Phi) is 2.80. The number of nitrogens with two attached hydrogens (primary N) is 1. The van der Waals surface area contributed by atoms with Gasteiger partial charge in [0.15, 0.2) is 11.5 Å². The van der Waals surface area contributed by atoms with E-state index in [1.165, 1.54) is 29.5 Å². The number of phenols is 2. The number of hydrogen-bond donors (Lipinski definition) is 3. The minimum Gasteiger partial charge on any atom is -0.504 e. The average Bonchev–Trinajstić information content (AvgIpc) is 2.79. The van der Waals surface area contributed by atoms with Crippen LogP contribution in [0.1, 0.15) is 15.2 Å². The Morgan fingerprint density at radius 1 is 1.20 bits per heavy atom. The molecule has 4 N–H and O–H groups in total. The van der Waals surface area contributed by atoms with Crippen LogP contribution in [0.4, 0.5) is 5.69 Å². The number of thiophene rings is 1. The lowest BCUT2D eigenvalue weighted by molar-refractivity contribution is 0.104. The number of aromatic nitrogens is 1. The lowest BCUT2D eigenvalue weighted by atomic mass is 10.1. The van der Waals surface area contributed by atoms with Gasteiger partial charge in [0, 0.05) is 17.1 Å². The summed E-state index contributed by atoms with van der Waals surface area (Å²) in [5.41, 5.74) is 6.63. The maximum Gasteiger partial charge on any atom is 0.205 e. The first-order chi connectivity index (χ1) is 9.58. The molecule has 2 aromatic heterocycles. The predicted molar refractivity (Wildman–Crippen MR) is 77.2 cm³/mol. The van der Waals surface area contributed by atoms with Crippen molar-refractivity contribution >= 4 is 33.0 Å². The molecule has 0 atom stereocenters. The molecule has 0 fully saturated rings. The van der Waals surface area contributed by atoms with Gasteiger partial charge in [0.2, 0.25) is 5.78 Å². The van der Waals surface area contributed by atoms with Crippen molar-refractivity contribution in [3.05, 3.63) is 47.0 Å². The third kappa shape index (κ3) is 1.86. The van der Waals surface area contributed by atoms with Crippen LogP contribution < -0.4 is 5.73 Å². The molecule has 0 bridgehead atoms. The second-order valence-electron chi connectivity index (χ2n) is 4.23. The summed E-state index contributed by atoms with van der Waals surface area (Å²) in [7, 11) is 0. The number of ketones is 1. The second kappa shape index (κ2) is 4.50. The number of nitrogens with zero attached hydrogens (tertiary/aromatic N) is 1. The van der Waals surface area contributed by atoms with Gasteiger partial charge < -0.3 is 15.9 Å². The summed E-state index contributed by atoms with van der Waals surface area (Å²) in [5, 5.41) is 19.5. The van der Waals surface area contributed by atoms with Crippen molar-refractivity contribution in [2.45, 2.75) is 0 Å². The molecule has 3 aromatic rings. The molecule has 0 saturated carbocycles. The van der Waals surface area contributed by atoms with Crippen LogP contribution in [0.5, 0.6) is 11.5 Å². The van der Waals surface area contributed by atoms with Gasteiger partial charge in [0.25, 0.3) is 0 Å². The molecule has 1 aromatic carbocycles. The number of phenolic OH excluding ortho intramolecular Hbond substituents is 2. The number of rotatable bonds is 2. The van der Waals surface area contributed by atoms with E-state index in [9.17, 15) is 15.0 Å². The molecule has 0 aliphatic rings. The van der Waals surface area contributed by atoms with E-state index in [2.05, 4.69) is 4.98 Å². The molecule has 5 nitrogen and oxygen atoms in total. The smallest absolute Gasteiger partial charge is 0.205 e. The highest BCUT2D eigenvalue weighted by Gasteiger charge is 2.19. The average molecular weight is 286 g/mol. The van der Waals surface area contributed by atoms with Crippen LogP contribution in [0, 0.1) is 0 Å². The minimum absolute atomic E-state index is 0.263. The number of aromatic hydroxyl groups is 2. The van der Waals surface area contributed by atoms with Crippen LogP contribution in [0.25, 0.3) is 10.2 Å². The monoisotopic (exact) mass is 286 g/mol. The Hall–Kier alpha value is -2.60. The Bertz CT molecular complexity index is 826. The van der Waals surface area contributed by atoms with Crippen LogP contribution in [0.2, 0.25) is 0 Å². The van der Waals surface area contributed by atoms with Gasteiger partial charge in [0.05, 0.1) is 5.69 Å². The molecular weight excluding hydrogens is 276 g/mol. The third-order valence-corrected chi connectivity index (χ3v) is 4.08. The van der Waals surface area contributed by atoms with E-state index in [0.717, 1.165) is 5.39 Å². The lowest BCUT2D eigenvalue weighted by Crippen LogP contribution is -2.01. The van der Waals surface area contributed by atoms with E-state index in [1.54, 1.807) is 18.3 Å². The van der Waals surface area contributed by atoms with Crippen molar-refractivity contribution in [1.82, 2.24) is 4.98 Å². The zero-order valence-corrected chi connectivity index (χ0v) is 11.0. The summed E-state index contributed by atoms with van der Waals surface area (Å²) in [6.07, 6.45) is 1.64. The maximum absolute atomic E-state index is 12.4. The molecule has 0 radical (unpaired) electrons. The Balaban J connectivity index is 2.12. The van der Waals surface area contributed by atoms with Crippen LogP contribution in [-0.2, 0) is 0 Å². The van der Waals surface area contributed by atoms with Crippen LogP contribution in [-0.4, -0.2) is 21.0 Å². The highest BCUT2D eigenvalue weighted by Crippen LogP contribution is 2.34. The van der Waals surface area contributed by atoms with Crippen molar-refractivity contribution in [3.8, 4) is 11.5 Å². The molecule has 20 heavy (non-hydrogen) atoms. The van der Waals surface area contributed by atoms with Gasteiger partial charge in [-0.25, -0.2) is 4.98 Å². The first-order valence-electron chi connectivity index (χ1n) is 5.77. The summed E-state index contributed by atoms with van der Waals surface area (Å²) in [5.74, 6) is -0.915. The van der Waals surface area contributed by atoms with Crippen LogP contribution in [0.15, 0.2) is 36.5 Å². The number of benzene rings is 1. The zero-order valence-electron chi connectivity index (χ0n) is 10.2. The number of pyridine rings is 1. The molecular formula is C14H10N2O3S. The van der Waals surface area contributed by atoms with E-state index in [4.69, 9.17) is 5.73 Å². The van der Waals surface area contributed by atoms with Gasteiger partial charge in [-0.15, -0.1) is 11.3 Å². The lowest BCUT2D eigenvalue weighted by Gasteiger charge is -2.02. The second-order valence-corrected chi connectivity index (χ2v) is 5.23. The molecule has 3 rings (SSSR count). The Morgan fingerprint density at radius 2 is 2.00 bits per heavy atom. The molecule has 0 saturated heterocycles.